The van der Waals surface area contributed by atoms with E-state index in [1.165, 1.54) is 18.2 Å². The van der Waals surface area contributed by atoms with Crippen LogP contribution in [0, 0.1) is 4.77 Å². The molecule has 17 heavy (non-hydrogen) atoms. The van der Waals surface area contributed by atoms with Gasteiger partial charge in [-0.3, -0.25) is 0 Å². The zero-order chi connectivity index (χ0) is 12.5. The second-order valence-corrected chi connectivity index (χ2v) is 3.64. The summed E-state index contributed by atoms with van der Waals surface area (Å²) in [7, 11) is 0. The first-order valence-corrected chi connectivity index (χ1v) is 4.99. The molecule has 1 aromatic carbocycles. The molecule has 0 aliphatic heterocycles. The Morgan fingerprint density at radius 2 is 2.00 bits per heavy atom. The third-order valence-corrected chi connectivity index (χ3v) is 2.19. The molecule has 0 atom stereocenters. The zero-order valence-electron chi connectivity index (χ0n) is 8.34. The largest absolute Gasteiger partial charge is 0.573 e. The number of aromatic nitrogens is 2. The van der Waals surface area contributed by atoms with Gasteiger partial charge in [-0.15, -0.1) is 13.2 Å². The van der Waals surface area contributed by atoms with Crippen LogP contribution < -0.4 is 4.74 Å². The Hall–Kier alpha value is -1.76. The SMILES string of the molecule is FC(F)(F)Oc1cccc(-c2c[nH]c(=S)[nH]2)c1. The average Bonchev–Trinajstić information content (AvgIpc) is 2.63. The smallest absolute Gasteiger partial charge is 0.406 e. The molecule has 2 aromatic rings. The molecule has 3 nitrogen and oxygen atoms in total. The van der Waals surface area contributed by atoms with E-state index >= 15 is 0 Å². The van der Waals surface area contributed by atoms with Crippen molar-refractivity contribution in [1.82, 2.24) is 9.97 Å². The highest BCUT2D eigenvalue weighted by molar-refractivity contribution is 7.71. The molecule has 0 radical (unpaired) electrons. The zero-order valence-corrected chi connectivity index (χ0v) is 9.15. The van der Waals surface area contributed by atoms with Gasteiger partial charge in [0.1, 0.15) is 5.75 Å². The van der Waals surface area contributed by atoms with E-state index < -0.39 is 6.36 Å². The monoisotopic (exact) mass is 260 g/mol. The summed E-state index contributed by atoms with van der Waals surface area (Å²) in [5, 5.41) is 0. The lowest BCUT2D eigenvalue weighted by atomic mass is 10.1. The fraction of sp³-hybridized carbons (Fsp3) is 0.100. The van der Waals surface area contributed by atoms with Crippen LogP contribution in [0.1, 0.15) is 0 Å². The van der Waals surface area contributed by atoms with Gasteiger partial charge in [0.15, 0.2) is 4.77 Å². The third kappa shape index (κ3) is 3.10. The standard InChI is InChI=1S/C10H7F3N2OS/c11-10(12,13)16-7-3-1-2-6(4-7)8-5-14-9(17)15-8/h1-5H,(H2,14,15,17). The number of imidazole rings is 1. The van der Waals surface area contributed by atoms with Gasteiger partial charge in [0.25, 0.3) is 0 Å². The highest BCUT2D eigenvalue weighted by Gasteiger charge is 2.31. The molecule has 0 saturated carbocycles. The number of ether oxygens (including phenoxy) is 1. The molecule has 1 heterocycles. The van der Waals surface area contributed by atoms with Gasteiger partial charge >= 0.3 is 6.36 Å². The molecule has 0 amide bonds. The van der Waals surface area contributed by atoms with E-state index in [-0.39, 0.29) is 5.75 Å². The molecule has 1 aromatic heterocycles. The van der Waals surface area contributed by atoms with Crippen molar-refractivity contribution in [1.29, 1.82) is 0 Å². The van der Waals surface area contributed by atoms with E-state index in [0.29, 0.717) is 16.0 Å². The number of benzene rings is 1. The highest BCUT2D eigenvalue weighted by Crippen LogP contribution is 2.26. The number of H-pyrrole nitrogens is 2. The summed E-state index contributed by atoms with van der Waals surface area (Å²) in [6.45, 7) is 0. The molecular formula is C10H7F3N2OS. The van der Waals surface area contributed by atoms with Crippen LogP contribution in [0.5, 0.6) is 5.75 Å². The molecule has 0 aliphatic carbocycles. The van der Waals surface area contributed by atoms with Crippen LogP contribution in [-0.2, 0) is 0 Å². The van der Waals surface area contributed by atoms with E-state index in [9.17, 15) is 13.2 Å². The van der Waals surface area contributed by atoms with Crippen molar-refractivity contribution in [3.05, 3.63) is 35.2 Å². The summed E-state index contributed by atoms with van der Waals surface area (Å²) in [4.78, 5) is 5.54. The minimum atomic E-state index is -4.69. The number of rotatable bonds is 2. The summed E-state index contributed by atoms with van der Waals surface area (Å²) in [5.41, 5.74) is 1.15. The topological polar surface area (TPSA) is 40.8 Å². The number of hydrogen-bond donors (Lipinski definition) is 2. The average molecular weight is 260 g/mol. The quantitative estimate of drug-likeness (QED) is 0.809. The minimum absolute atomic E-state index is 0.268. The first-order valence-electron chi connectivity index (χ1n) is 4.58. The van der Waals surface area contributed by atoms with E-state index in [1.807, 2.05) is 0 Å². The van der Waals surface area contributed by atoms with Crippen molar-refractivity contribution in [3.63, 3.8) is 0 Å². The lowest BCUT2D eigenvalue weighted by Gasteiger charge is -2.09. The normalized spacial score (nSPS) is 11.5. The van der Waals surface area contributed by atoms with Gasteiger partial charge in [-0.2, -0.15) is 0 Å². The maximum atomic E-state index is 12.0. The van der Waals surface area contributed by atoms with Crippen LogP contribution in [0.25, 0.3) is 11.3 Å². The van der Waals surface area contributed by atoms with Crippen molar-refractivity contribution in [3.8, 4) is 17.0 Å². The molecule has 90 valence electrons. The van der Waals surface area contributed by atoms with Crippen LogP contribution in [0.15, 0.2) is 30.5 Å². The van der Waals surface area contributed by atoms with Gasteiger partial charge in [0.2, 0.25) is 0 Å². The van der Waals surface area contributed by atoms with Crippen molar-refractivity contribution >= 4 is 12.2 Å². The Labute approximate surface area is 99.3 Å². The summed E-state index contributed by atoms with van der Waals surface area (Å²) in [6, 6.07) is 5.64. The molecule has 0 unspecified atom stereocenters. The van der Waals surface area contributed by atoms with Crippen LogP contribution in [0.2, 0.25) is 0 Å². The molecule has 0 aliphatic rings. The van der Waals surface area contributed by atoms with Gasteiger partial charge < -0.3 is 14.7 Å². The first kappa shape index (κ1) is 11.7. The van der Waals surface area contributed by atoms with Crippen LogP contribution in [0.3, 0.4) is 0 Å². The number of nitrogens with one attached hydrogen (secondary N) is 2. The Kier molecular flexibility index (Phi) is 2.93. The Balaban J connectivity index is 2.32. The van der Waals surface area contributed by atoms with Crippen LogP contribution in [-0.4, -0.2) is 16.3 Å². The van der Waals surface area contributed by atoms with Gasteiger partial charge in [0.05, 0.1) is 5.69 Å². The third-order valence-electron chi connectivity index (χ3n) is 1.97. The van der Waals surface area contributed by atoms with Crippen molar-refractivity contribution in [2.75, 3.05) is 0 Å². The Morgan fingerprint density at radius 3 is 2.59 bits per heavy atom. The molecule has 0 fully saturated rings. The summed E-state index contributed by atoms with van der Waals surface area (Å²) >= 11 is 4.83. The van der Waals surface area contributed by atoms with Crippen molar-refractivity contribution in [2.45, 2.75) is 6.36 Å². The fourth-order valence-electron chi connectivity index (χ4n) is 1.35. The van der Waals surface area contributed by atoms with E-state index in [0.717, 1.165) is 0 Å². The van der Waals surface area contributed by atoms with Gasteiger partial charge in [0, 0.05) is 11.8 Å². The van der Waals surface area contributed by atoms with E-state index in [2.05, 4.69) is 14.7 Å². The van der Waals surface area contributed by atoms with E-state index in [4.69, 9.17) is 12.2 Å². The first-order chi connectivity index (χ1) is 7.94. The number of alkyl halides is 3. The van der Waals surface area contributed by atoms with Gasteiger partial charge in [-0.1, -0.05) is 12.1 Å². The summed E-state index contributed by atoms with van der Waals surface area (Å²) in [5.74, 6) is -0.268. The number of aromatic amines is 2. The molecule has 0 saturated heterocycles. The highest BCUT2D eigenvalue weighted by atomic mass is 32.1. The fourth-order valence-corrected chi connectivity index (χ4v) is 1.52. The molecule has 0 spiro atoms. The Bertz CT molecular complexity index is 573. The molecule has 2 rings (SSSR count). The molecular weight excluding hydrogens is 253 g/mol. The van der Waals surface area contributed by atoms with Crippen LogP contribution in [0.4, 0.5) is 13.2 Å². The number of halogens is 3. The molecule has 2 N–H and O–H groups in total. The van der Waals surface area contributed by atoms with E-state index in [1.54, 1.807) is 12.3 Å². The lowest BCUT2D eigenvalue weighted by Crippen LogP contribution is -2.17. The predicted molar refractivity (Wildman–Crippen MR) is 58.1 cm³/mol. The molecule has 7 heteroatoms. The minimum Gasteiger partial charge on any atom is -0.406 e. The van der Waals surface area contributed by atoms with Crippen molar-refractivity contribution < 1.29 is 17.9 Å². The predicted octanol–water partition coefficient (Wildman–Crippen LogP) is 3.64. The maximum Gasteiger partial charge on any atom is 0.573 e. The van der Waals surface area contributed by atoms with Crippen LogP contribution >= 0.6 is 12.2 Å². The molecule has 0 bridgehead atoms. The van der Waals surface area contributed by atoms with Crippen molar-refractivity contribution in [2.24, 2.45) is 0 Å². The van der Waals surface area contributed by atoms with Gasteiger partial charge in [-0.05, 0) is 24.4 Å². The maximum absolute atomic E-state index is 12.0. The second-order valence-electron chi connectivity index (χ2n) is 3.23. The number of hydrogen-bond acceptors (Lipinski definition) is 2. The Morgan fingerprint density at radius 1 is 1.24 bits per heavy atom. The lowest BCUT2D eigenvalue weighted by molar-refractivity contribution is -0.274. The summed E-state index contributed by atoms with van der Waals surface area (Å²) in [6.07, 6.45) is -3.11. The summed E-state index contributed by atoms with van der Waals surface area (Å²) < 4.78 is 40.3. The van der Waals surface area contributed by atoms with Gasteiger partial charge in [-0.25, -0.2) is 0 Å². The second kappa shape index (κ2) is 4.25.